The fraction of sp³-hybridized carbons (Fsp3) is 0.160. The summed E-state index contributed by atoms with van der Waals surface area (Å²) in [6, 6.07) is 14.5. The van der Waals surface area contributed by atoms with Crippen molar-refractivity contribution in [3.05, 3.63) is 84.2 Å². The molecule has 164 valence electrons. The van der Waals surface area contributed by atoms with Gasteiger partial charge >= 0.3 is 0 Å². The highest BCUT2D eigenvalue weighted by Crippen LogP contribution is 2.26. The fourth-order valence-electron chi connectivity index (χ4n) is 3.86. The molecule has 0 aliphatic rings. The molecule has 5 rings (SSSR count). The Morgan fingerprint density at radius 2 is 2.00 bits per heavy atom. The molecule has 0 aliphatic carbocycles. The van der Waals surface area contributed by atoms with Gasteiger partial charge in [0.15, 0.2) is 11.3 Å². The Balaban J connectivity index is 1.52. The maximum Gasteiger partial charge on any atom is 0.254 e. The van der Waals surface area contributed by atoms with Crippen molar-refractivity contribution in [3.8, 4) is 11.3 Å². The van der Waals surface area contributed by atoms with Crippen LogP contribution >= 0.6 is 0 Å². The molecule has 0 bridgehead atoms. The van der Waals surface area contributed by atoms with Crippen LogP contribution < -0.4 is 5.32 Å². The van der Waals surface area contributed by atoms with Crippen LogP contribution in [0, 0.1) is 5.82 Å². The lowest BCUT2D eigenvalue weighted by atomic mass is 10.1. The summed E-state index contributed by atoms with van der Waals surface area (Å²) in [5.41, 5.74) is 4.15. The Kier molecular flexibility index (Phi) is 5.26. The Morgan fingerprint density at radius 1 is 1.12 bits per heavy atom. The number of amides is 1. The molecule has 1 atom stereocenters. The zero-order chi connectivity index (χ0) is 22.9. The topological polar surface area (TPSA) is 85.6 Å². The first-order valence-corrected chi connectivity index (χ1v) is 10.7. The van der Waals surface area contributed by atoms with Crippen LogP contribution in [0.1, 0.15) is 35.8 Å². The van der Waals surface area contributed by atoms with E-state index in [4.69, 9.17) is 4.98 Å². The molecule has 1 amide bonds. The van der Waals surface area contributed by atoms with Gasteiger partial charge in [0, 0.05) is 23.7 Å². The van der Waals surface area contributed by atoms with E-state index in [0.29, 0.717) is 29.1 Å². The lowest BCUT2D eigenvalue weighted by molar-refractivity contribution is 0.0952. The predicted molar refractivity (Wildman–Crippen MR) is 124 cm³/mol. The molecule has 33 heavy (non-hydrogen) atoms. The van der Waals surface area contributed by atoms with Crippen molar-refractivity contribution < 1.29 is 9.18 Å². The van der Waals surface area contributed by atoms with Crippen LogP contribution in [0.3, 0.4) is 0 Å². The van der Waals surface area contributed by atoms with Gasteiger partial charge in [-0.1, -0.05) is 18.2 Å². The van der Waals surface area contributed by atoms with Crippen LogP contribution in [-0.4, -0.2) is 37.0 Å². The average Bonchev–Trinajstić information content (AvgIpc) is 3.26. The lowest BCUT2D eigenvalue weighted by Gasteiger charge is -2.15. The summed E-state index contributed by atoms with van der Waals surface area (Å²) >= 11 is 0. The van der Waals surface area contributed by atoms with Crippen molar-refractivity contribution in [1.82, 2.24) is 29.8 Å². The Labute approximate surface area is 189 Å². The van der Waals surface area contributed by atoms with Gasteiger partial charge in [0.25, 0.3) is 5.91 Å². The van der Waals surface area contributed by atoms with Crippen molar-refractivity contribution in [2.75, 3.05) is 6.54 Å². The van der Waals surface area contributed by atoms with E-state index in [1.807, 2.05) is 28.8 Å². The lowest BCUT2D eigenvalue weighted by Crippen LogP contribution is -2.23. The van der Waals surface area contributed by atoms with E-state index in [0.717, 1.165) is 16.5 Å². The van der Waals surface area contributed by atoms with Gasteiger partial charge in [0.05, 0.1) is 35.3 Å². The molecule has 5 aromatic rings. The normalized spacial score (nSPS) is 12.2. The van der Waals surface area contributed by atoms with Crippen LogP contribution in [0.15, 0.2) is 67.3 Å². The Morgan fingerprint density at radius 3 is 2.82 bits per heavy atom. The van der Waals surface area contributed by atoms with Gasteiger partial charge in [-0.2, -0.15) is 0 Å². The molecule has 7 nitrogen and oxygen atoms in total. The van der Waals surface area contributed by atoms with Gasteiger partial charge in [0.1, 0.15) is 5.82 Å². The van der Waals surface area contributed by atoms with E-state index in [1.54, 1.807) is 31.7 Å². The maximum absolute atomic E-state index is 14.6. The third-order valence-electron chi connectivity index (χ3n) is 5.66. The highest BCUT2D eigenvalue weighted by Gasteiger charge is 2.17. The molecule has 0 fully saturated rings. The molecule has 0 aliphatic heterocycles. The van der Waals surface area contributed by atoms with Crippen molar-refractivity contribution in [1.29, 1.82) is 0 Å². The first kappa shape index (κ1) is 20.7. The first-order chi connectivity index (χ1) is 16.0. The number of carbonyl (C=O) groups excluding carboxylic acids is 1. The third-order valence-corrected chi connectivity index (χ3v) is 5.66. The minimum Gasteiger partial charge on any atom is -0.352 e. The van der Waals surface area contributed by atoms with Crippen LogP contribution in [0.25, 0.3) is 33.5 Å². The highest BCUT2D eigenvalue weighted by atomic mass is 19.1. The summed E-state index contributed by atoms with van der Waals surface area (Å²) in [4.78, 5) is 29.9. The van der Waals surface area contributed by atoms with Gasteiger partial charge < -0.3 is 9.88 Å². The SMILES string of the molecule is CCNC(=O)c1ccc(-c2cnc3ncn(C(C)c4ccc5ncccc5c4)c3n2)cc1F. The first-order valence-electron chi connectivity index (χ1n) is 10.7. The predicted octanol–water partition coefficient (Wildman–Crippen LogP) is 4.54. The average molecular weight is 440 g/mol. The summed E-state index contributed by atoms with van der Waals surface area (Å²) in [5.74, 6) is -1.05. The summed E-state index contributed by atoms with van der Waals surface area (Å²) in [6.07, 6.45) is 5.05. The molecule has 8 heteroatoms. The van der Waals surface area contributed by atoms with Crippen molar-refractivity contribution in [2.45, 2.75) is 19.9 Å². The quantitative estimate of drug-likeness (QED) is 0.434. The number of carbonyl (C=O) groups is 1. The number of pyridine rings is 1. The summed E-state index contributed by atoms with van der Waals surface area (Å²) in [6.45, 7) is 4.28. The summed E-state index contributed by atoms with van der Waals surface area (Å²) in [7, 11) is 0. The number of halogens is 1. The molecular weight excluding hydrogens is 419 g/mol. The number of nitrogens with one attached hydrogen (secondary N) is 1. The number of rotatable bonds is 5. The fourth-order valence-corrected chi connectivity index (χ4v) is 3.86. The Hall–Kier alpha value is -4.20. The van der Waals surface area contributed by atoms with E-state index >= 15 is 0 Å². The molecule has 0 saturated carbocycles. The van der Waals surface area contributed by atoms with Crippen LogP contribution in [-0.2, 0) is 0 Å². The van der Waals surface area contributed by atoms with Crippen molar-refractivity contribution in [2.24, 2.45) is 0 Å². The standard InChI is InChI=1S/C25H21FN6O/c1-3-27-25(33)19-8-6-18(12-20(19)26)22-13-29-23-24(31-22)32(14-30-23)15(2)16-7-9-21-17(11-16)5-4-10-28-21/h4-15H,3H2,1-2H3,(H,27,33). The monoisotopic (exact) mass is 440 g/mol. The molecule has 0 radical (unpaired) electrons. The van der Waals surface area contributed by atoms with Crippen LogP contribution in [0.4, 0.5) is 4.39 Å². The second-order valence-electron chi connectivity index (χ2n) is 7.74. The number of imidazole rings is 1. The minimum absolute atomic E-state index is 0.000838. The molecule has 3 aromatic heterocycles. The molecule has 1 N–H and O–H groups in total. The molecular formula is C25H21FN6O. The zero-order valence-corrected chi connectivity index (χ0v) is 18.2. The summed E-state index contributed by atoms with van der Waals surface area (Å²) in [5, 5.41) is 3.66. The second kappa shape index (κ2) is 8.38. The maximum atomic E-state index is 14.6. The van der Waals surface area contributed by atoms with Gasteiger partial charge in [-0.25, -0.2) is 19.3 Å². The van der Waals surface area contributed by atoms with E-state index in [9.17, 15) is 9.18 Å². The smallest absolute Gasteiger partial charge is 0.254 e. The number of hydrogen-bond donors (Lipinski definition) is 1. The number of benzene rings is 2. The molecule has 2 aromatic carbocycles. The van der Waals surface area contributed by atoms with E-state index in [-0.39, 0.29) is 11.6 Å². The highest BCUT2D eigenvalue weighted by molar-refractivity contribution is 5.95. The zero-order valence-electron chi connectivity index (χ0n) is 18.2. The molecule has 0 spiro atoms. The minimum atomic E-state index is -0.605. The molecule has 1 unspecified atom stereocenters. The number of hydrogen-bond acceptors (Lipinski definition) is 5. The second-order valence-corrected chi connectivity index (χ2v) is 7.74. The van der Waals surface area contributed by atoms with Crippen LogP contribution in [0.5, 0.6) is 0 Å². The molecule has 3 heterocycles. The number of fused-ring (bicyclic) bond motifs is 2. The van der Waals surface area contributed by atoms with Gasteiger partial charge in [0.2, 0.25) is 0 Å². The van der Waals surface area contributed by atoms with Crippen molar-refractivity contribution >= 4 is 28.1 Å². The Bertz CT molecular complexity index is 1500. The van der Waals surface area contributed by atoms with Gasteiger partial charge in [-0.05, 0) is 49.7 Å². The third kappa shape index (κ3) is 3.80. The summed E-state index contributed by atoms with van der Waals surface area (Å²) < 4.78 is 16.5. The van der Waals surface area contributed by atoms with Gasteiger partial charge in [-0.15, -0.1) is 0 Å². The molecule has 0 saturated heterocycles. The van der Waals surface area contributed by atoms with Crippen LogP contribution in [0.2, 0.25) is 0 Å². The number of nitrogens with zero attached hydrogens (tertiary/aromatic N) is 5. The van der Waals surface area contributed by atoms with Crippen molar-refractivity contribution in [3.63, 3.8) is 0 Å². The largest absolute Gasteiger partial charge is 0.352 e. The van der Waals surface area contributed by atoms with E-state index in [2.05, 4.69) is 33.3 Å². The number of aromatic nitrogens is 5. The van der Waals surface area contributed by atoms with E-state index in [1.165, 1.54) is 12.1 Å². The van der Waals surface area contributed by atoms with E-state index < -0.39 is 11.7 Å². The van der Waals surface area contributed by atoms with Gasteiger partial charge in [-0.3, -0.25) is 9.78 Å².